The minimum Gasteiger partial charge on any atom is -0.485 e. The van der Waals surface area contributed by atoms with Crippen molar-refractivity contribution < 1.29 is 14.2 Å². The zero-order valence-electron chi connectivity index (χ0n) is 20.6. The van der Waals surface area contributed by atoms with Crippen LogP contribution >= 0.6 is 11.6 Å². The molecule has 0 radical (unpaired) electrons. The van der Waals surface area contributed by atoms with Crippen molar-refractivity contribution in [3.05, 3.63) is 98.2 Å². The van der Waals surface area contributed by atoms with Crippen LogP contribution in [-0.4, -0.2) is 24.6 Å². The molecule has 0 fully saturated rings. The van der Waals surface area contributed by atoms with Crippen molar-refractivity contribution in [1.29, 1.82) is 0 Å². The molecule has 0 aliphatic heterocycles. The van der Waals surface area contributed by atoms with Crippen LogP contribution in [0.5, 0.6) is 5.75 Å². The molecule has 4 rings (SSSR count). The molecule has 4 aromatic heterocycles. The Balaban J connectivity index is 1.75. The summed E-state index contributed by atoms with van der Waals surface area (Å²) in [5.41, 5.74) is 3.28. The van der Waals surface area contributed by atoms with E-state index in [1.54, 1.807) is 51.2 Å². The van der Waals surface area contributed by atoms with E-state index in [2.05, 4.69) is 15.0 Å². The molecule has 186 valence electrons. The fourth-order valence-electron chi connectivity index (χ4n) is 3.78. The highest BCUT2D eigenvalue weighted by Gasteiger charge is 2.21. The van der Waals surface area contributed by atoms with E-state index in [0.29, 0.717) is 34.2 Å². The first-order chi connectivity index (χ1) is 17.0. The lowest BCUT2D eigenvalue weighted by Gasteiger charge is -2.19. The van der Waals surface area contributed by atoms with Gasteiger partial charge in [-0.15, -0.1) is 0 Å². The van der Waals surface area contributed by atoms with Gasteiger partial charge < -0.3 is 9.84 Å². The first-order valence-corrected chi connectivity index (χ1v) is 11.7. The first-order valence-electron chi connectivity index (χ1n) is 11.3. The van der Waals surface area contributed by atoms with Gasteiger partial charge in [0.2, 0.25) is 5.95 Å². The van der Waals surface area contributed by atoms with Crippen LogP contribution in [0.25, 0.3) is 17.1 Å². The van der Waals surface area contributed by atoms with Gasteiger partial charge in [0.15, 0.2) is 0 Å². The van der Waals surface area contributed by atoms with Gasteiger partial charge in [-0.25, -0.2) is 9.97 Å². The van der Waals surface area contributed by atoms with Gasteiger partial charge >= 0.3 is 0 Å². The van der Waals surface area contributed by atoms with E-state index in [9.17, 15) is 14.3 Å². The lowest BCUT2D eigenvalue weighted by Crippen LogP contribution is -2.23. The van der Waals surface area contributed by atoms with Gasteiger partial charge in [0.05, 0.1) is 28.5 Å². The Morgan fingerprint density at radius 3 is 2.53 bits per heavy atom. The van der Waals surface area contributed by atoms with Crippen LogP contribution in [0.4, 0.5) is 4.39 Å². The molecule has 0 spiro atoms. The van der Waals surface area contributed by atoms with Crippen molar-refractivity contribution >= 4 is 11.6 Å². The van der Waals surface area contributed by atoms with Crippen molar-refractivity contribution in [3.8, 4) is 22.8 Å². The molecule has 0 saturated carbocycles. The third-order valence-corrected chi connectivity index (χ3v) is 6.08. The average molecular weight is 509 g/mol. The molecule has 4 heterocycles. The maximum Gasteiger partial charge on any atom is 0.277 e. The number of pyridine rings is 4. The molecular formula is C27H26ClFN4O3. The van der Waals surface area contributed by atoms with Gasteiger partial charge in [-0.2, -0.15) is 4.39 Å². The van der Waals surface area contributed by atoms with Crippen LogP contribution in [0.2, 0.25) is 5.02 Å². The molecule has 0 aromatic carbocycles. The molecule has 0 atom stereocenters. The number of ether oxygens (including phenoxy) is 1. The van der Waals surface area contributed by atoms with Gasteiger partial charge in [0.1, 0.15) is 23.0 Å². The quantitative estimate of drug-likeness (QED) is 0.359. The lowest BCUT2D eigenvalue weighted by atomic mass is 10.0. The number of aromatic nitrogens is 4. The summed E-state index contributed by atoms with van der Waals surface area (Å²) in [4.78, 5) is 26.3. The number of aryl methyl sites for hydroxylation is 3. The molecule has 36 heavy (non-hydrogen) atoms. The van der Waals surface area contributed by atoms with E-state index in [1.165, 1.54) is 16.7 Å². The van der Waals surface area contributed by atoms with Crippen molar-refractivity contribution in [1.82, 2.24) is 19.5 Å². The van der Waals surface area contributed by atoms with Crippen LogP contribution in [0.15, 0.2) is 53.5 Å². The normalized spacial score (nSPS) is 11.6. The third kappa shape index (κ3) is 5.15. The van der Waals surface area contributed by atoms with Crippen LogP contribution in [-0.2, 0) is 12.2 Å². The number of aliphatic hydroxyl groups is 1. The zero-order chi connectivity index (χ0) is 26.2. The minimum atomic E-state index is -1.12. The molecule has 0 amide bonds. The monoisotopic (exact) mass is 508 g/mol. The van der Waals surface area contributed by atoms with Gasteiger partial charge in [-0.05, 0) is 70.0 Å². The summed E-state index contributed by atoms with van der Waals surface area (Å²) in [5, 5.41) is 10.3. The zero-order valence-corrected chi connectivity index (χ0v) is 21.4. The number of halogens is 2. The van der Waals surface area contributed by atoms with E-state index < -0.39 is 17.1 Å². The Kier molecular flexibility index (Phi) is 6.93. The fourth-order valence-corrected chi connectivity index (χ4v) is 3.97. The van der Waals surface area contributed by atoms with Gasteiger partial charge in [0.25, 0.3) is 5.56 Å². The van der Waals surface area contributed by atoms with Crippen LogP contribution < -0.4 is 10.3 Å². The standard InChI is InChI=1S/C27H26ClFN4O3/c1-15-9-10-22(27(4,5)35)32-25(15)19-12-20(16(2)13-30-19)33-17(3)11-21(24(28)26(33)34)36-14-18-7-6-8-23(29)31-18/h6-13,35H,14H2,1-5H3. The molecule has 4 aromatic rings. The number of rotatable bonds is 6. The van der Waals surface area contributed by atoms with Gasteiger partial charge in [-0.3, -0.25) is 14.3 Å². The van der Waals surface area contributed by atoms with E-state index in [-0.39, 0.29) is 17.4 Å². The van der Waals surface area contributed by atoms with E-state index in [0.717, 1.165) is 11.1 Å². The smallest absolute Gasteiger partial charge is 0.277 e. The van der Waals surface area contributed by atoms with Gasteiger partial charge in [0, 0.05) is 18.0 Å². The van der Waals surface area contributed by atoms with Crippen LogP contribution in [0, 0.1) is 26.7 Å². The summed E-state index contributed by atoms with van der Waals surface area (Å²) in [6, 6.07) is 11.5. The molecule has 0 bridgehead atoms. The second kappa shape index (κ2) is 9.79. The summed E-state index contributed by atoms with van der Waals surface area (Å²) >= 11 is 6.41. The van der Waals surface area contributed by atoms with Crippen molar-refractivity contribution in [2.75, 3.05) is 0 Å². The number of nitrogens with zero attached hydrogens (tertiary/aromatic N) is 4. The molecule has 9 heteroatoms. The molecule has 0 aliphatic carbocycles. The van der Waals surface area contributed by atoms with Crippen LogP contribution in [0.3, 0.4) is 0 Å². The minimum absolute atomic E-state index is 0.0404. The molecular weight excluding hydrogens is 483 g/mol. The number of hydrogen-bond donors (Lipinski definition) is 1. The predicted molar refractivity (Wildman–Crippen MR) is 136 cm³/mol. The second-order valence-electron chi connectivity index (χ2n) is 9.12. The summed E-state index contributed by atoms with van der Waals surface area (Å²) < 4.78 is 20.6. The summed E-state index contributed by atoms with van der Waals surface area (Å²) in [6.07, 6.45) is 1.67. The Morgan fingerprint density at radius 1 is 1.08 bits per heavy atom. The topological polar surface area (TPSA) is 90.1 Å². The molecule has 0 unspecified atom stereocenters. The fraction of sp³-hybridized carbons (Fsp3) is 0.259. The van der Waals surface area contributed by atoms with E-state index in [1.807, 2.05) is 19.9 Å². The maximum atomic E-state index is 13.4. The average Bonchev–Trinajstić information content (AvgIpc) is 2.81. The van der Waals surface area contributed by atoms with Gasteiger partial charge in [-0.1, -0.05) is 23.7 Å². The highest BCUT2D eigenvalue weighted by molar-refractivity contribution is 6.31. The SMILES string of the molecule is Cc1cnc(-c2nc(C(C)(C)O)ccc2C)cc1-n1c(C)cc(OCc2cccc(F)n2)c(Cl)c1=O. The number of hydrogen-bond acceptors (Lipinski definition) is 6. The summed E-state index contributed by atoms with van der Waals surface area (Å²) in [6.45, 7) is 8.82. The Morgan fingerprint density at radius 2 is 1.83 bits per heavy atom. The van der Waals surface area contributed by atoms with E-state index >= 15 is 0 Å². The Labute approximate surface area is 213 Å². The first kappa shape index (κ1) is 25.5. The second-order valence-corrected chi connectivity index (χ2v) is 9.50. The summed E-state index contributed by atoms with van der Waals surface area (Å²) in [7, 11) is 0. The maximum absolute atomic E-state index is 13.4. The molecule has 0 aliphatic rings. The highest BCUT2D eigenvalue weighted by Crippen LogP contribution is 2.29. The largest absolute Gasteiger partial charge is 0.485 e. The molecule has 0 saturated heterocycles. The molecule has 1 N–H and O–H groups in total. The summed E-state index contributed by atoms with van der Waals surface area (Å²) in [5.74, 6) is -0.431. The van der Waals surface area contributed by atoms with Crippen LogP contribution in [0.1, 0.15) is 42.1 Å². The van der Waals surface area contributed by atoms with Crippen molar-refractivity contribution in [2.24, 2.45) is 0 Å². The van der Waals surface area contributed by atoms with Crippen molar-refractivity contribution in [3.63, 3.8) is 0 Å². The Bertz CT molecular complexity index is 1510. The predicted octanol–water partition coefficient (Wildman–Crippen LogP) is 5.21. The van der Waals surface area contributed by atoms with Crippen molar-refractivity contribution in [2.45, 2.75) is 46.8 Å². The molecule has 7 nitrogen and oxygen atoms in total. The lowest BCUT2D eigenvalue weighted by molar-refractivity contribution is 0.0739. The highest BCUT2D eigenvalue weighted by atomic mass is 35.5. The Hall–Kier alpha value is -3.62. The van der Waals surface area contributed by atoms with E-state index in [4.69, 9.17) is 16.3 Å². The third-order valence-electron chi connectivity index (χ3n) is 5.73.